The quantitative estimate of drug-likeness (QED) is 0.779. The SMILES string of the molecule is CC(C)Oc1ccc(S(=O)(=O)C(F)(F)F)c2c1CC(F)(F)C2=O. The average Bonchev–Trinajstić information content (AvgIpc) is 2.60. The number of fused-ring (bicyclic) bond motifs is 1. The molecule has 0 heterocycles. The van der Waals surface area contributed by atoms with E-state index >= 15 is 0 Å². The Morgan fingerprint density at radius 3 is 2.26 bits per heavy atom. The van der Waals surface area contributed by atoms with Crippen LogP contribution in [0, 0.1) is 0 Å². The molecule has 10 heteroatoms. The van der Waals surface area contributed by atoms with Gasteiger partial charge in [0.1, 0.15) is 5.75 Å². The van der Waals surface area contributed by atoms with Crippen LogP contribution in [0.15, 0.2) is 17.0 Å². The standard InChI is InChI=1S/C13H11F5O4S/c1-6(2)22-8-3-4-9(23(20,21)13(16,17)18)10-7(8)5-12(14,15)11(10)19/h3-4,6H,5H2,1-2H3. The second kappa shape index (κ2) is 5.15. The summed E-state index contributed by atoms with van der Waals surface area (Å²) in [7, 11) is -5.94. The molecule has 0 unspecified atom stereocenters. The molecule has 0 atom stereocenters. The average molecular weight is 358 g/mol. The van der Waals surface area contributed by atoms with Crippen LogP contribution in [-0.4, -0.2) is 31.7 Å². The van der Waals surface area contributed by atoms with Crippen molar-refractivity contribution in [2.75, 3.05) is 0 Å². The number of carbonyl (C=O) groups is 1. The lowest BCUT2D eigenvalue weighted by molar-refractivity contribution is -0.0436. The van der Waals surface area contributed by atoms with Gasteiger partial charge in [-0.25, -0.2) is 8.42 Å². The van der Waals surface area contributed by atoms with Gasteiger partial charge in [0.05, 0.1) is 16.6 Å². The number of sulfone groups is 1. The van der Waals surface area contributed by atoms with E-state index in [4.69, 9.17) is 4.74 Å². The number of Topliss-reactive ketones (excluding diaryl/α,β-unsaturated/α-hetero) is 1. The van der Waals surface area contributed by atoms with E-state index in [9.17, 15) is 35.2 Å². The summed E-state index contributed by atoms with van der Waals surface area (Å²) in [5.74, 6) is -6.17. The van der Waals surface area contributed by atoms with Gasteiger partial charge in [0, 0.05) is 12.0 Å². The summed E-state index contributed by atoms with van der Waals surface area (Å²) in [5, 5.41) is 0. The number of hydrogen-bond acceptors (Lipinski definition) is 4. The van der Waals surface area contributed by atoms with E-state index in [1.807, 2.05) is 0 Å². The van der Waals surface area contributed by atoms with E-state index in [1.54, 1.807) is 13.8 Å². The van der Waals surface area contributed by atoms with Crippen molar-refractivity contribution in [1.82, 2.24) is 0 Å². The summed E-state index contributed by atoms with van der Waals surface area (Å²) in [4.78, 5) is 10.2. The van der Waals surface area contributed by atoms with Crippen molar-refractivity contribution >= 4 is 15.6 Å². The third kappa shape index (κ3) is 2.79. The fraction of sp³-hybridized carbons (Fsp3) is 0.462. The van der Waals surface area contributed by atoms with Crippen LogP contribution in [0.1, 0.15) is 29.8 Å². The number of halogens is 5. The maximum Gasteiger partial charge on any atom is 0.501 e. The Labute approximate surface area is 128 Å². The Morgan fingerprint density at radius 2 is 1.78 bits per heavy atom. The lowest BCUT2D eigenvalue weighted by Gasteiger charge is -2.16. The van der Waals surface area contributed by atoms with Crippen LogP contribution in [-0.2, 0) is 16.3 Å². The van der Waals surface area contributed by atoms with E-state index in [0.717, 1.165) is 6.07 Å². The molecule has 23 heavy (non-hydrogen) atoms. The highest BCUT2D eigenvalue weighted by Gasteiger charge is 2.55. The molecule has 0 spiro atoms. The van der Waals surface area contributed by atoms with Gasteiger partial charge in [-0.2, -0.15) is 22.0 Å². The van der Waals surface area contributed by atoms with Gasteiger partial charge in [-0.3, -0.25) is 4.79 Å². The van der Waals surface area contributed by atoms with E-state index in [-0.39, 0.29) is 5.75 Å². The van der Waals surface area contributed by atoms with Crippen molar-refractivity contribution in [2.45, 2.75) is 42.7 Å². The summed E-state index contributed by atoms with van der Waals surface area (Å²) >= 11 is 0. The van der Waals surface area contributed by atoms with E-state index in [1.165, 1.54) is 0 Å². The van der Waals surface area contributed by atoms with Crippen molar-refractivity contribution in [3.63, 3.8) is 0 Å². The van der Waals surface area contributed by atoms with Gasteiger partial charge in [0.15, 0.2) is 0 Å². The smallest absolute Gasteiger partial charge is 0.491 e. The molecule has 0 bridgehead atoms. The van der Waals surface area contributed by atoms with Crippen molar-refractivity contribution < 1.29 is 39.9 Å². The Balaban J connectivity index is 2.76. The first-order valence-electron chi connectivity index (χ1n) is 6.35. The Bertz CT molecular complexity index is 765. The zero-order valence-corrected chi connectivity index (χ0v) is 12.7. The minimum atomic E-state index is -5.94. The van der Waals surface area contributed by atoms with Crippen LogP contribution in [0.2, 0.25) is 0 Å². The lowest BCUT2D eigenvalue weighted by Crippen LogP contribution is -2.28. The third-order valence-electron chi connectivity index (χ3n) is 3.15. The molecule has 1 aliphatic rings. The highest BCUT2D eigenvalue weighted by Crippen LogP contribution is 2.44. The molecule has 4 nitrogen and oxygen atoms in total. The maximum atomic E-state index is 13.6. The first-order valence-corrected chi connectivity index (χ1v) is 7.84. The number of rotatable bonds is 3. The number of alkyl halides is 5. The Hall–Kier alpha value is -1.71. The van der Waals surface area contributed by atoms with Gasteiger partial charge in [0.25, 0.3) is 9.84 Å². The molecule has 128 valence electrons. The predicted molar refractivity (Wildman–Crippen MR) is 68.4 cm³/mol. The second-order valence-corrected chi connectivity index (χ2v) is 7.15. The Kier molecular flexibility index (Phi) is 3.95. The van der Waals surface area contributed by atoms with Crippen LogP contribution in [0.5, 0.6) is 5.75 Å². The molecule has 0 radical (unpaired) electrons. The number of ketones is 1. The third-order valence-corrected chi connectivity index (χ3v) is 4.68. The molecule has 0 amide bonds. The summed E-state index contributed by atoms with van der Waals surface area (Å²) in [6, 6.07) is 1.32. The summed E-state index contributed by atoms with van der Waals surface area (Å²) in [6.07, 6.45) is -1.71. The fourth-order valence-electron chi connectivity index (χ4n) is 2.23. The van der Waals surface area contributed by atoms with E-state index in [2.05, 4.69) is 0 Å². The monoisotopic (exact) mass is 358 g/mol. The molecule has 0 fully saturated rings. The van der Waals surface area contributed by atoms with Crippen LogP contribution in [0.25, 0.3) is 0 Å². The van der Waals surface area contributed by atoms with Crippen LogP contribution in [0.4, 0.5) is 22.0 Å². The number of benzene rings is 1. The van der Waals surface area contributed by atoms with Crippen LogP contribution >= 0.6 is 0 Å². The number of carbonyl (C=O) groups excluding carboxylic acids is 1. The molecule has 1 aromatic rings. The molecule has 0 N–H and O–H groups in total. The molecule has 0 saturated carbocycles. The molecule has 1 aromatic carbocycles. The first-order chi connectivity index (χ1) is 10.3. The van der Waals surface area contributed by atoms with Gasteiger partial charge in [-0.1, -0.05) is 0 Å². The number of ether oxygens (including phenoxy) is 1. The fourth-order valence-corrected chi connectivity index (χ4v) is 3.21. The molecular formula is C13H11F5O4S. The van der Waals surface area contributed by atoms with Gasteiger partial charge < -0.3 is 4.74 Å². The molecule has 0 saturated heterocycles. The minimum absolute atomic E-state index is 0.235. The molecule has 2 rings (SSSR count). The van der Waals surface area contributed by atoms with Crippen molar-refractivity contribution in [1.29, 1.82) is 0 Å². The highest BCUT2D eigenvalue weighted by molar-refractivity contribution is 7.92. The Morgan fingerprint density at radius 1 is 1.22 bits per heavy atom. The molecule has 0 aromatic heterocycles. The zero-order chi connectivity index (χ0) is 17.8. The highest BCUT2D eigenvalue weighted by atomic mass is 32.2. The predicted octanol–water partition coefficient (Wildman–Crippen LogP) is 3.14. The summed E-state index contributed by atoms with van der Waals surface area (Å²) < 4.78 is 93.6. The normalized spacial score (nSPS) is 17.5. The van der Waals surface area contributed by atoms with Gasteiger partial charge >= 0.3 is 11.4 Å². The molecular weight excluding hydrogens is 347 g/mol. The van der Waals surface area contributed by atoms with Crippen molar-refractivity contribution in [3.05, 3.63) is 23.3 Å². The molecule has 1 aliphatic carbocycles. The van der Waals surface area contributed by atoms with Gasteiger partial charge in [0.2, 0.25) is 5.78 Å². The van der Waals surface area contributed by atoms with Gasteiger partial charge in [-0.15, -0.1) is 0 Å². The van der Waals surface area contributed by atoms with Crippen LogP contribution < -0.4 is 4.74 Å². The zero-order valence-electron chi connectivity index (χ0n) is 11.9. The topological polar surface area (TPSA) is 60.4 Å². The minimum Gasteiger partial charge on any atom is -0.491 e. The maximum absolute atomic E-state index is 13.6. The first kappa shape index (κ1) is 17.6. The second-order valence-electron chi connectivity index (χ2n) is 5.24. The summed E-state index contributed by atoms with van der Waals surface area (Å²) in [5.41, 5.74) is -7.39. The summed E-state index contributed by atoms with van der Waals surface area (Å²) in [6.45, 7) is 3.09. The molecule has 0 aliphatic heterocycles. The van der Waals surface area contributed by atoms with E-state index in [0.29, 0.717) is 6.07 Å². The van der Waals surface area contributed by atoms with Crippen molar-refractivity contribution in [3.8, 4) is 5.75 Å². The van der Waals surface area contributed by atoms with Crippen molar-refractivity contribution in [2.24, 2.45) is 0 Å². The van der Waals surface area contributed by atoms with Gasteiger partial charge in [-0.05, 0) is 26.0 Å². The largest absolute Gasteiger partial charge is 0.501 e. The van der Waals surface area contributed by atoms with E-state index < -0.39 is 55.6 Å². The van der Waals surface area contributed by atoms with Crippen LogP contribution in [0.3, 0.4) is 0 Å². The lowest BCUT2D eigenvalue weighted by atomic mass is 10.1. The number of hydrogen-bond donors (Lipinski definition) is 0.